The van der Waals surface area contributed by atoms with Gasteiger partial charge in [-0.2, -0.15) is 0 Å². The molecule has 5 nitrogen and oxygen atoms in total. The molecular weight excluding hydrogens is 429 g/mol. The molecule has 2 aromatic rings. The number of hydrogen-bond donors (Lipinski definition) is 2. The molecule has 1 atom stereocenters. The number of ether oxygens (including phenoxy) is 1. The summed E-state index contributed by atoms with van der Waals surface area (Å²) in [4.78, 5) is 4.34. The van der Waals surface area contributed by atoms with Gasteiger partial charge in [0.1, 0.15) is 17.1 Å². The summed E-state index contributed by atoms with van der Waals surface area (Å²) in [7, 11) is 1.79. The molecule has 136 valence electrons. The first-order chi connectivity index (χ1) is 11.6. The lowest BCUT2D eigenvalue weighted by atomic mass is 9.90. The maximum atomic E-state index is 6.08. The van der Waals surface area contributed by atoms with E-state index >= 15 is 0 Å². The predicted molar refractivity (Wildman–Crippen MR) is 111 cm³/mol. The van der Waals surface area contributed by atoms with Crippen molar-refractivity contribution in [1.29, 1.82) is 0 Å². The number of halogens is 1. The summed E-state index contributed by atoms with van der Waals surface area (Å²) in [6.45, 7) is 5.00. The van der Waals surface area contributed by atoms with Crippen molar-refractivity contribution in [2.24, 2.45) is 4.99 Å². The van der Waals surface area contributed by atoms with E-state index in [4.69, 9.17) is 9.15 Å². The molecule has 0 bridgehead atoms. The minimum Gasteiger partial charge on any atom is -0.487 e. The van der Waals surface area contributed by atoms with Gasteiger partial charge in [0.25, 0.3) is 0 Å². The average molecular weight is 455 g/mol. The number of hydrogen-bond acceptors (Lipinski definition) is 3. The Morgan fingerprint density at radius 2 is 2.04 bits per heavy atom. The van der Waals surface area contributed by atoms with E-state index in [9.17, 15) is 0 Å². The van der Waals surface area contributed by atoms with E-state index in [-0.39, 0.29) is 35.6 Å². The third-order valence-electron chi connectivity index (χ3n) is 4.15. The number of nitrogens with one attached hydrogen (secondary N) is 2. The molecule has 1 aliphatic heterocycles. The number of fused-ring (bicyclic) bond motifs is 1. The van der Waals surface area contributed by atoms with Crippen LogP contribution in [-0.2, 0) is 6.42 Å². The first-order valence-electron chi connectivity index (χ1n) is 8.35. The summed E-state index contributed by atoms with van der Waals surface area (Å²) >= 11 is 0. The molecule has 2 N–H and O–H groups in total. The second kappa shape index (κ2) is 8.60. The lowest BCUT2D eigenvalue weighted by Crippen LogP contribution is -2.45. The number of aliphatic imine (C=N–C) groups is 1. The van der Waals surface area contributed by atoms with Gasteiger partial charge in [0, 0.05) is 32.0 Å². The van der Waals surface area contributed by atoms with Crippen LogP contribution >= 0.6 is 24.0 Å². The van der Waals surface area contributed by atoms with Crippen LogP contribution in [0.1, 0.15) is 37.6 Å². The number of nitrogens with zero attached hydrogens (tertiary/aromatic N) is 1. The van der Waals surface area contributed by atoms with Crippen LogP contribution in [0.25, 0.3) is 0 Å². The lowest BCUT2D eigenvalue weighted by molar-refractivity contribution is 0.0694. The van der Waals surface area contributed by atoms with Gasteiger partial charge in [-0.15, -0.1) is 24.0 Å². The van der Waals surface area contributed by atoms with Crippen LogP contribution in [-0.4, -0.2) is 25.2 Å². The smallest absolute Gasteiger partial charge is 0.191 e. The van der Waals surface area contributed by atoms with Crippen molar-refractivity contribution in [2.75, 3.05) is 13.6 Å². The van der Waals surface area contributed by atoms with Crippen molar-refractivity contribution in [1.82, 2.24) is 10.6 Å². The Kier molecular flexibility index (Phi) is 6.75. The number of guanidine groups is 1. The van der Waals surface area contributed by atoms with Crippen molar-refractivity contribution in [2.45, 2.75) is 38.3 Å². The highest BCUT2D eigenvalue weighted by molar-refractivity contribution is 14.0. The summed E-state index contributed by atoms with van der Waals surface area (Å²) in [5.74, 6) is 2.70. The minimum atomic E-state index is -0.209. The number of benzene rings is 1. The molecule has 0 aliphatic carbocycles. The fourth-order valence-electron chi connectivity index (χ4n) is 3.05. The maximum absolute atomic E-state index is 6.08. The number of rotatable bonds is 4. The molecule has 1 unspecified atom stereocenters. The van der Waals surface area contributed by atoms with Crippen molar-refractivity contribution in [3.63, 3.8) is 0 Å². The maximum Gasteiger partial charge on any atom is 0.191 e. The van der Waals surface area contributed by atoms with Crippen molar-refractivity contribution in [3.8, 4) is 5.75 Å². The van der Waals surface area contributed by atoms with Gasteiger partial charge < -0.3 is 19.8 Å². The van der Waals surface area contributed by atoms with Gasteiger partial charge in [0.15, 0.2) is 5.96 Å². The second-order valence-electron chi connectivity index (χ2n) is 6.63. The monoisotopic (exact) mass is 455 g/mol. The molecule has 0 amide bonds. The minimum absolute atomic E-state index is 0. The Balaban J connectivity index is 0.00000225. The zero-order valence-corrected chi connectivity index (χ0v) is 17.2. The van der Waals surface area contributed by atoms with Crippen LogP contribution in [0.15, 0.2) is 52.1 Å². The molecule has 3 rings (SSSR count). The molecule has 1 aromatic heterocycles. The lowest BCUT2D eigenvalue weighted by Gasteiger charge is -2.38. The van der Waals surface area contributed by atoms with Crippen molar-refractivity contribution >= 4 is 29.9 Å². The van der Waals surface area contributed by atoms with E-state index in [0.717, 1.165) is 36.9 Å². The Labute approximate surface area is 166 Å². The van der Waals surface area contributed by atoms with Crippen LogP contribution in [0.2, 0.25) is 0 Å². The largest absolute Gasteiger partial charge is 0.487 e. The second-order valence-corrected chi connectivity index (χ2v) is 6.63. The van der Waals surface area contributed by atoms with Gasteiger partial charge in [-0.1, -0.05) is 18.2 Å². The highest BCUT2D eigenvalue weighted by Gasteiger charge is 2.33. The molecular formula is C19H26IN3O2. The quantitative estimate of drug-likeness (QED) is 0.417. The topological polar surface area (TPSA) is 58.8 Å². The molecule has 1 aromatic carbocycles. The van der Waals surface area contributed by atoms with Crippen LogP contribution in [0.5, 0.6) is 5.75 Å². The molecule has 0 spiro atoms. The van der Waals surface area contributed by atoms with Crippen LogP contribution in [0.4, 0.5) is 0 Å². The summed E-state index contributed by atoms with van der Waals surface area (Å²) < 4.78 is 11.4. The molecule has 0 saturated carbocycles. The first kappa shape index (κ1) is 19.6. The molecule has 0 saturated heterocycles. The van der Waals surface area contributed by atoms with Crippen molar-refractivity contribution < 1.29 is 9.15 Å². The Hall–Kier alpha value is -1.70. The normalized spacial score (nSPS) is 18.5. The van der Waals surface area contributed by atoms with Crippen LogP contribution < -0.4 is 15.4 Å². The van der Waals surface area contributed by atoms with Gasteiger partial charge in [-0.05, 0) is 32.0 Å². The Bertz CT molecular complexity index is 698. The van der Waals surface area contributed by atoms with Gasteiger partial charge in [-0.25, -0.2) is 0 Å². The van der Waals surface area contributed by atoms with Gasteiger partial charge in [-0.3, -0.25) is 4.99 Å². The highest BCUT2D eigenvalue weighted by Crippen LogP contribution is 2.39. The zero-order chi connectivity index (χ0) is 17.0. The zero-order valence-electron chi connectivity index (χ0n) is 14.9. The van der Waals surface area contributed by atoms with E-state index in [2.05, 4.69) is 35.5 Å². The third kappa shape index (κ3) is 5.14. The summed E-state index contributed by atoms with van der Waals surface area (Å²) in [5, 5.41) is 6.88. The Morgan fingerprint density at radius 3 is 2.76 bits per heavy atom. The molecule has 0 fully saturated rings. The average Bonchev–Trinajstić information content (AvgIpc) is 3.06. The summed E-state index contributed by atoms with van der Waals surface area (Å²) in [5.41, 5.74) is 0.963. The highest BCUT2D eigenvalue weighted by atomic mass is 127. The van der Waals surface area contributed by atoms with Crippen LogP contribution in [0.3, 0.4) is 0 Å². The van der Waals surface area contributed by atoms with E-state index < -0.39 is 0 Å². The number of para-hydroxylation sites is 1. The summed E-state index contributed by atoms with van der Waals surface area (Å²) in [6.07, 6.45) is 3.40. The van der Waals surface area contributed by atoms with Crippen molar-refractivity contribution in [3.05, 3.63) is 54.0 Å². The fraction of sp³-hybridized carbons (Fsp3) is 0.421. The predicted octanol–water partition coefficient (Wildman–Crippen LogP) is 3.91. The first-order valence-corrected chi connectivity index (χ1v) is 8.35. The number of furan rings is 1. The standard InChI is InChI=1S/C19H25N3O2.HI/c1-19(2)13-16(15-8-4-5-9-17(15)24-19)22-18(20-3)21-11-10-14-7-6-12-23-14;/h4-9,12,16H,10-11,13H2,1-3H3,(H2,20,21,22);1H. The van der Waals surface area contributed by atoms with E-state index in [1.807, 2.05) is 30.3 Å². The van der Waals surface area contributed by atoms with Gasteiger partial charge in [0.05, 0.1) is 12.3 Å². The molecule has 1 aliphatic rings. The fourth-order valence-corrected chi connectivity index (χ4v) is 3.05. The molecule has 6 heteroatoms. The molecule has 2 heterocycles. The van der Waals surface area contributed by atoms with Gasteiger partial charge >= 0.3 is 0 Å². The van der Waals surface area contributed by atoms with E-state index in [1.54, 1.807) is 13.3 Å². The third-order valence-corrected chi connectivity index (χ3v) is 4.15. The van der Waals surface area contributed by atoms with E-state index in [0.29, 0.717) is 0 Å². The SMILES string of the molecule is CN=C(NCCc1ccco1)NC1CC(C)(C)Oc2ccccc21.I. The summed E-state index contributed by atoms with van der Waals surface area (Å²) in [6, 6.07) is 12.2. The Morgan fingerprint density at radius 1 is 1.24 bits per heavy atom. The van der Waals surface area contributed by atoms with Gasteiger partial charge in [0.2, 0.25) is 0 Å². The molecule has 25 heavy (non-hydrogen) atoms. The molecule has 0 radical (unpaired) electrons. The van der Waals surface area contributed by atoms with Crippen LogP contribution in [0, 0.1) is 0 Å². The van der Waals surface area contributed by atoms with E-state index in [1.165, 1.54) is 5.56 Å².